The minimum Gasteiger partial charge on any atom is -0.504 e. The molecule has 8 nitrogen and oxygen atoms in total. The van der Waals surface area contributed by atoms with Crippen LogP contribution in [0.3, 0.4) is 0 Å². The summed E-state index contributed by atoms with van der Waals surface area (Å²) < 4.78 is 39.1. The molecule has 0 radical (unpaired) electrons. The Labute approximate surface area is 199 Å². The number of Topliss-reactive ketones (excluding diaryl/α,β-unsaturated/α-hetero) is 1. The first-order valence-corrected chi connectivity index (χ1v) is 12.0. The molecule has 4 aliphatic heterocycles. The Balaban J connectivity index is 1.62. The number of rotatable bonds is 6. The van der Waals surface area contributed by atoms with Gasteiger partial charge in [-0.1, -0.05) is 13.3 Å². The Morgan fingerprint density at radius 1 is 1.35 bits per heavy atom. The number of methoxy groups -OCH3 is 2. The molecule has 34 heavy (non-hydrogen) atoms. The van der Waals surface area contributed by atoms with E-state index < -0.39 is 17.9 Å². The number of hydrogen-bond acceptors (Lipinski definition) is 8. The Morgan fingerprint density at radius 3 is 2.85 bits per heavy atom. The summed E-state index contributed by atoms with van der Waals surface area (Å²) in [6.07, 6.45) is 3.54. The van der Waals surface area contributed by atoms with Crippen molar-refractivity contribution in [2.24, 2.45) is 11.8 Å². The second-order valence-corrected chi connectivity index (χ2v) is 9.55. The van der Waals surface area contributed by atoms with Gasteiger partial charge in [0.2, 0.25) is 0 Å². The molecule has 3 saturated heterocycles. The van der Waals surface area contributed by atoms with E-state index in [0.717, 1.165) is 19.5 Å². The number of nitrogens with zero attached hydrogens (tertiary/aromatic N) is 1. The average Bonchev–Trinajstić information content (AvgIpc) is 3.20. The molecule has 4 aliphatic rings. The van der Waals surface area contributed by atoms with E-state index in [0.29, 0.717) is 48.6 Å². The molecule has 2 N–H and O–H groups in total. The summed E-state index contributed by atoms with van der Waals surface area (Å²) >= 11 is 0. The molecule has 186 valence electrons. The van der Waals surface area contributed by atoms with Crippen LogP contribution >= 0.6 is 0 Å². The molecular formula is C25H33FN2O6. The van der Waals surface area contributed by atoms with Crippen molar-refractivity contribution in [3.63, 3.8) is 0 Å². The van der Waals surface area contributed by atoms with E-state index in [9.17, 15) is 9.90 Å². The van der Waals surface area contributed by atoms with Crippen LogP contribution in [-0.2, 0) is 24.6 Å². The summed E-state index contributed by atoms with van der Waals surface area (Å²) in [5.41, 5.74) is -0.428. The standard InChI is InChI=1S/C25H33FN2O6/c1-4-15-12-28-8-7-24-22-20(32-3)6-5-18(26)23(22)27-25(24,34-10-9-33-24)21(28)11-16(15)17(14-31-2)19(30)13-29/h5-6,14-16,21,27,29H,4,7-13H2,1-3H3/b17-14+/t15-,16+,21+,24+,25+/m1/s1. The second kappa shape index (κ2) is 8.78. The third-order valence-electron chi connectivity index (χ3n) is 8.22. The number of halogens is 1. The molecule has 1 aromatic carbocycles. The molecule has 1 aromatic rings. The minimum absolute atomic E-state index is 0.140. The highest BCUT2D eigenvalue weighted by Gasteiger charge is 2.71. The fourth-order valence-electron chi connectivity index (χ4n) is 6.79. The third-order valence-corrected chi connectivity index (χ3v) is 8.22. The van der Waals surface area contributed by atoms with Crippen molar-refractivity contribution in [2.45, 2.75) is 43.6 Å². The topological polar surface area (TPSA) is 89.5 Å². The van der Waals surface area contributed by atoms with E-state index in [1.807, 2.05) is 0 Å². The average molecular weight is 477 g/mol. The zero-order valence-corrected chi connectivity index (χ0v) is 19.9. The van der Waals surface area contributed by atoms with Gasteiger partial charge in [0.1, 0.15) is 23.8 Å². The predicted octanol–water partition coefficient (Wildman–Crippen LogP) is 2.41. The zero-order chi connectivity index (χ0) is 24.1. The predicted molar refractivity (Wildman–Crippen MR) is 122 cm³/mol. The monoisotopic (exact) mass is 476 g/mol. The van der Waals surface area contributed by atoms with E-state index in [2.05, 4.69) is 17.1 Å². The highest BCUT2D eigenvalue weighted by Crippen LogP contribution is 2.62. The Morgan fingerprint density at radius 2 is 2.15 bits per heavy atom. The van der Waals surface area contributed by atoms with Crippen LogP contribution in [0.5, 0.6) is 5.75 Å². The van der Waals surface area contributed by atoms with Crippen molar-refractivity contribution in [2.75, 3.05) is 52.4 Å². The lowest BCUT2D eigenvalue weighted by Crippen LogP contribution is -2.75. The summed E-state index contributed by atoms with van der Waals surface area (Å²) in [6.45, 7) is 3.81. The maximum atomic E-state index is 15.1. The van der Waals surface area contributed by atoms with Gasteiger partial charge in [0.25, 0.3) is 0 Å². The van der Waals surface area contributed by atoms with Gasteiger partial charge in [-0.05, 0) is 36.8 Å². The van der Waals surface area contributed by atoms with Crippen LogP contribution in [-0.4, -0.2) is 74.7 Å². The molecule has 9 heteroatoms. The fraction of sp³-hybridized carbons (Fsp3) is 0.640. The quantitative estimate of drug-likeness (QED) is 0.478. The van der Waals surface area contributed by atoms with Crippen LogP contribution in [0.4, 0.5) is 10.1 Å². The van der Waals surface area contributed by atoms with Crippen LogP contribution in [0.2, 0.25) is 0 Å². The van der Waals surface area contributed by atoms with Gasteiger partial charge in [-0.15, -0.1) is 0 Å². The zero-order valence-electron chi connectivity index (χ0n) is 19.9. The van der Waals surface area contributed by atoms with Gasteiger partial charge in [-0.2, -0.15) is 0 Å². The van der Waals surface area contributed by atoms with Crippen LogP contribution in [0.1, 0.15) is 31.7 Å². The first-order valence-electron chi connectivity index (χ1n) is 12.0. The summed E-state index contributed by atoms with van der Waals surface area (Å²) in [5.74, 6) is -0.0808. The van der Waals surface area contributed by atoms with Crippen molar-refractivity contribution in [1.82, 2.24) is 4.90 Å². The molecule has 0 aliphatic carbocycles. The molecule has 3 fully saturated rings. The van der Waals surface area contributed by atoms with Gasteiger partial charge in [-0.3, -0.25) is 9.69 Å². The lowest BCUT2D eigenvalue weighted by Gasteiger charge is -2.61. The molecule has 0 amide bonds. The number of aliphatic hydroxyl groups is 1. The van der Waals surface area contributed by atoms with E-state index in [-0.39, 0.29) is 29.5 Å². The molecule has 5 rings (SSSR count). The van der Waals surface area contributed by atoms with E-state index >= 15 is 4.39 Å². The van der Waals surface area contributed by atoms with Crippen molar-refractivity contribution in [1.29, 1.82) is 0 Å². The SMILES string of the molecule is CC[C@@H]1CN2CC[C@@]34OCCO[C@@]3(Nc3c(F)ccc(OC)c34)[C@@H]2C[C@@H]1/C(=C\OC)C(=O)CO. The van der Waals surface area contributed by atoms with Gasteiger partial charge in [0.05, 0.1) is 51.0 Å². The number of anilines is 1. The highest BCUT2D eigenvalue weighted by molar-refractivity contribution is 5.96. The van der Waals surface area contributed by atoms with Crippen LogP contribution in [0.25, 0.3) is 0 Å². The molecule has 5 atom stereocenters. The van der Waals surface area contributed by atoms with Gasteiger partial charge in [0, 0.05) is 18.7 Å². The van der Waals surface area contributed by atoms with Crippen molar-refractivity contribution in [3.05, 3.63) is 35.3 Å². The minimum atomic E-state index is -1.03. The molecule has 0 aromatic heterocycles. The number of carbonyl (C=O) groups is 1. The normalized spacial score (nSPS) is 34.9. The number of piperidine rings is 2. The number of benzene rings is 1. The number of carbonyl (C=O) groups excluding carboxylic acids is 1. The van der Waals surface area contributed by atoms with Gasteiger partial charge >= 0.3 is 0 Å². The van der Waals surface area contributed by atoms with Crippen LogP contribution in [0, 0.1) is 17.7 Å². The van der Waals surface area contributed by atoms with Crippen molar-refractivity contribution >= 4 is 11.5 Å². The van der Waals surface area contributed by atoms with E-state index in [1.54, 1.807) is 13.2 Å². The third kappa shape index (κ3) is 3.13. The summed E-state index contributed by atoms with van der Waals surface area (Å²) in [7, 11) is 3.08. The number of nitrogens with one attached hydrogen (secondary N) is 1. The van der Waals surface area contributed by atoms with E-state index in [4.69, 9.17) is 18.9 Å². The van der Waals surface area contributed by atoms with Crippen molar-refractivity contribution in [3.8, 4) is 5.75 Å². The van der Waals surface area contributed by atoms with Crippen LogP contribution < -0.4 is 10.1 Å². The van der Waals surface area contributed by atoms with Crippen LogP contribution in [0.15, 0.2) is 24.0 Å². The lowest BCUT2D eigenvalue weighted by atomic mass is 9.66. The van der Waals surface area contributed by atoms with Gasteiger partial charge in [0.15, 0.2) is 11.5 Å². The summed E-state index contributed by atoms with van der Waals surface area (Å²) in [6, 6.07) is 2.84. The smallest absolute Gasteiger partial charge is 0.188 e. The number of aliphatic hydroxyl groups excluding tert-OH is 1. The van der Waals surface area contributed by atoms with E-state index in [1.165, 1.54) is 19.4 Å². The van der Waals surface area contributed by atoms with Gasteiger partial charge in [-0.25, -0.2) is 4.39 Å². The molecule has 0 bridgehead atoms. The highest BCUT2D eigenvalue weighted by atomic mass is 19.1. The number of fused-ring (bicyclic) bond motifs is 2. The van der Waals surface area contributed by atoms with Gasteiger partial charge < -0.3 is 29.4 Å². The molecule has 0 saturated carbocycles. The molecular weight excluding hydrogens is 443 g/mol. The Hall–Kier alpha value is -2.20. The number of ether oxygens (including phenoxy) is 4. The largest absolute Gasteiger partial charge is 0.504 e. The first-order chi connectivity index (χ1) is 16.5. The fourth-order valence-corrected chi connectivity index (χ4v) is 6.79. The summed E-state index contributed by atoms with van der Waals surface area (Å²) in [4.78, 5) is 15.1. The summed E-state index contributed by atoms with van der Waals surface area (Å²) in [5, 5.41) is 13.1. The Kier molecular flexibility index (Phi) is 6.08. The molecule has 4 heterocycles. The number of ketones is 1. The second-order valence-electron chi connectivity index (χ2n) is 9.55. The van der Waals surface area contributed by atoms with Crippen molar-refractivity contribution < 1.29 is 33.2 Å². The molecule has 0 spiro atoms. The molecule has 0 unspecified atom stereocenters. The maximum absolute atomic E-state index is 15.1. The first kappa shape index (κ1) is 23.5. The maximum Gasteiger partial charge on any atom is 0.188 e. The Bertz CT molecular complexity index is 1000. The number of hydrogen-bond donors (Lipinski definition) is 2. The lowest BCUT2D eigenvalue weighted by molar-refractivity contribution is -0.297.